The number of rotatable bonds is 4. The van der Waals surface area contributed by atoms with Crippen molar-refractivity contribution in [3.63, 3.8) is 0 Å². The van der Waals surface area contributed by atoms with Crippen molar-refractivity contribution in [3.05, 3.63) is 85.9 Å². The van der Waals surface area contributed by atoms with Gasteiger partial charge in [0.05, 0.1) is 6.04 Å². The van der Waals surface area contributed by atoms with Crippen LogP contribution in [0.2, 0.25) is 10.0 Å². The first-order chi connectivity index (χ1) is 17.3. The van der Waals surface area contributed by atoms with Crippen molar-refractivity contribution < 1.29 is 14.6 Å². The normalized spacial score (nSPS) is 18.5. The van der Waals surface area contributed by atoms with Crippen molar-refractivity contribution in [2.75, 3.05) is 0 Å². The van der Waals surface area contributed by atoms with Crippen LogP contribution in [-0.2, 0) is 20.1 Å². The maximum absolute atomic E-state index is 12.9. The SMILES string of the molecule is Cn1c2c(c3ccc(-n4ccc(OCc5ccc(Cl)cc5Cl)cc4=O)nc31)C1CCC(C2)N1C(=O)O. The van der Waals surface area contributed by atoms with Crippen LogP contribution in [0.4, 0.5) is 4.79 Å². The summed E-state index contributed by atoms with van der Waals surface area (Å²) < 4.78 is 9.27. The number of amides is 1. The first-order valence-electron chi connectivity index (χ1n) is 11.6. The zero-order chi connectivity index (χ0) is 25.1. The molecule has 6 rings (SSSR count). The average Bonchev–Trinajstić information content (AvgIpc) is 3.31. The highest BCUT2D eigenvalue weighted by Crippen LogP contribution is 2.47. The standard InChI is InChI=1S/C26H22Cl2N4O4/c1-30-21-11-16-4-6-20(32(16)26(34)35)24(21)18-5-7-22(29-25(18)30)31-9-8-17(12-23(31)33)36-13-14-2-3-15(27)10-19(14)28/h2-3,5,7-10,12,16,20H,4,6,11,13H2,1H3,(H,34,35). The quantitative estimate of drug-likeness (QED) is 0.388. The Balaban J connectivity index is 1.31. The van der Waals surface area contributed by atoms with Crippen molar-refractivity contribution in [1.82, 2.24) is 19.0 Å². The Morgan fingerprint density at radius 3 is 2.75 bits per heavy atom. The van der Waals surface area contributed by atoms with E-state index in [0.717, 1.165) is 40.7 Å². The molecule has 0 aliphatic carbocycles. The number of carbonyl (C=O) groups is 1. The fraction of sp³-hybridized carbons (Fsp3) is 0.269. The van der Waals surface area contributed by atoms with E-state index in [4.69, 9.17) is 32.9 Å². The molecule has 1 N–H and O–H groups in total. The van der Waals surface area contributed by atoms with E-state index in [-0.39, 0.29) is 24.2 Å². The third-order valence-corrected chi connectivity index (χ3v) is 7.80. The first kappa shape index (κ1) is 22.9. The average molecular weight is 525 g/mol. The van der Waals surface area contributed by atoms with Gasteiger partial charge in [-0.3, -0.25) is 14.3 Å². The van der Waals surface area contributed by atoms with Gasteiger partial charge >= 0.3 is 6.09 Å². The molecule has 1 saturated heterocycles. The zero-order valence-electron chi connectivity index (χ0n) is 19.3. The Morgan fingerprint density at radius 2 is 2.00 bits per heavy atom. The zero-order valence-corrected chi connectivity index (χ0v) is 20.8. The van der Waals surface area contributed by atoms with Crippen molar-refractivity contribution >= 4 is 40.3 Å². The van der Waals surface area contributed by atoms with Crippen LogP contribution in [0, 0.1) is 0 Å². The van der Waals surface area contributed by atoms with Crippen LogP contribution in [0.25, 0.3) is 16.9 Å². The molecule has 0 radical (unpaired) electrons. The third-order valence-electron chi connectivity index (χ3n) is 7.22. The van der Waals surface area contributed by atoms with Gasteiger partial charge in [-0.05, 0) is 43.2 Å². The summed E-state index contributed by atoms with van der Waals surface area (Å²) in [6, 6.07) is 11.9. The summed E-state index contributed by atoms with van der Waals surface area (Å²) in [7, 11) is 1.95. The second-order valence-corrected chi connectivity index (χ2v) is 10.0. The van der Waals surface area contributed by atoms with Crippen LogP contribution in [0.3, 0.4) is 0 Å². The molecule has 5 heterocycles. The Kier molecular flexibility index (Phi) is 5.46. The van der Waals surface area contributed by atoms with Crippen LogP contribution < -0.4 is 10.3 Å². The van der Waals surface area contributed by atoms with Gasteiger partial charge in [-0.15, -0.1) is 0 Å². The van der Waals surface area contributed by atoms with Gasteiger partial charge in [0.1, 0.15) is 23.8 Å². The fourth-order valence-electron chi connectivity index (χ4n) is 5.54. The molecule has 2 aliphatic rings. The number of fused-ring (bicyclic) bond motifs is 6. The van der Waals surface area contributed by atoms with Gasteiger partial charge in [0.25, 0.3) is 5.56 Å². The smallest absolute Gasteiger partial charge is 0.408 e. The van der Waals surface area contributed by atoms with Gasteiger partial charge in [-0.1, -0.05) is 29.3 Å². The van der Waals surface area contributed by atoms with E-state index >= 15 is 0 Å². The monoisotopic (exact) mass is 524 g/mol. The van der Waals surface area contributed by atoms with Crippen molar-refractivity contribution in [2.24, 2.45) is 7.05 Å². The number of halogens is 2. The molecular weight excluding hydrogens is 503 g/mol. The molecular formula is C26H22Cl2N4O4. The van der Waals surface area contributed by atoms with Gasteiger partial charge in [0, 0.05) is 64.0 Å². The van der Waals surface area contributed by atoms with E-state index in [1.807, 2.05) is 17.7 Å². The van der Waals surface area contributed by atoms with Gasteiger partial charge in [-0.2, -0.15) is 0 Å². The summed E-state index contributed by atoms with van der Waals surface area (Å²) in [6.45, 7) is 0.202. The van der Waals surface area contributed by atoms with Crippen LogP contribution in [0.15, 0.2) is 53.5 Å². The number of pyridine rings is 2. The van der Waals surface area contributed by atoms with Gasteiger partial charge in [0.15, 0.2) is 0 Å². The lowest BCUT2D eigenvalue weighted by molar-refractivity contribution is 0.116. The Bertz CT molecular complexity index is 1600. The van der Waals surface area contributed by atoms with Gasteiger partial charge in [0.2, 0.25) is 0 Å². The van der Waals surface area contributed by atoms with E-state index < -0.39 is 6.09 Å². The third kappa shape index (κ3) is 3.63. The summed E-state index contributed by atoms with van der Waals surface area (Å²) >= 11 is 12.1. The number of aromatic nitrogens is 3. The molecule has 0 saturated carbocycles. The largest absolute Gasteiger partial charge is 0.489 e. The minimum absolute atomic E-state index is 0.000370. The highest BCUT2D eigenvalue weighted by Gasteiger charge is 2.45. The Morgan fingerprint density at radius 1 is 1.17 bits per heavy atom. The van der Waals surface area contributed by atoms with Crippen molar-refractivity contribution in [1.29, 1.82) is 0 Å². The predicted molar refractivity (Wildman–Crippen MR) is 136 cm³/mol. The molecule has 1 amide bonds. The molecule has 2 bridgehead atoms. The molecule has 1 fully saturated rings. The molecule has 2 unspecified atom stereocenters. The van der Waals surface area contributed by atoms with E-state index in [2.05, 4.69) is 0 Å². The lowest BCUT2D eigenvalue weighted by Crippen LogP contribution is -2.41. The molecule has 4 aromatic rings. The molecule has 3 aromatic heterocycles. The van der Waals surface area contributed by atoms with Crippen LogP contribution in [0.5, 0.6) is 5.75 Å². The van der Waals surface area contributed by atoms with E-state index in [1.54, 1.807) is 41.4 Å². The molecule has 8 nitrogen and oxygen atoms in total. The maximum Gasteiger partial charge on any atom is 0.408 e. The molecule has 2 aliphatic heterocycles. The molecule has 36 heavy (non-hydrogen) atoms. The molecule has 2 atom stereocenters. The topological polar surface area (TPSA) is 89.6 Å². The van der Waals surface area contributed by atoms with Crippen molar-refractivity contribution in [3.8, 4) is 11.6 Å². The first-order valence-corrected chi connectivity index (χ1v) is 12.4. The number of hydrogen-bond acceptors (Lipinski definition) is 4. The summed E-state index contributed by atoms with van der Waals surface area (Å²) in [5.41, 5.74) is 3.38. The van der Waals surface area contributed by atoms with E-state index in [1.165, 1.54) is 10.6 Å². The minimum Gasteiger partial charge on any atom is -0.489 e. The summed E-state index contributed by atoms with van der Waals surface area (Å²) in [4.78, 5) is 31.2. The Labute approximate surface area is 216 Å². The highest BCUT2D eigenvalue weighted by atomic mass is 35.5. The van der Waals surface area contributed by atoms with Crippen LogP contribution in [-0.4, -0.2) is 36.3 Å². The molecule has 0 spiro atoms. The van der Waals surface area contributed by atoms with Crippen molar-refractivity contribution in [2.45, 2.75) is 38.0 Å². The molecule has 184 valence electrons. The highest BCUT2D eigenvalue weighted by molar-refractivity contribution is 6.35. The minimum atomic E-state index is -0.873. The molecule has 1 aromatic carbocycles. The number of ether oxygens (including phenoxy) is 1. The predicted octanol–water partition coefficient (Wildman–Crippen LogP) is 5.35. The number of aryl methyl sites for hydroxylation is 1. The summed E-state index contributed by atoms with van der Waals surface area (Å²) in [5.74, 6) is 0.903. The lowest BCUT2D eigenvalue weighted by Gasteiger charge is -2.33. The van der Waals surface area contributed by atoms with E-state index in [0.29, 0.717) is 28.0 Å². The second-order valence-electron chi connectivity index (χ2n) is 9.20. The summed E-state index contributed by atoms with van der Waals surface area (Å²) in [6.07, 6.45) is 3.11. The van der Waals surface area contributed by atoms with Crippen LogP contribution >= 0.6 is 23.2 Å². The van der Waals surface area contributed by atoms with Gasteiger partial charge < -0.3 is 14.4 Å². The number of nitrogens with zero attached hydrogens (tertiary/aromatic N) is 4. The van der Waals surface area contributed by atoms with E-state index in [9.17, 15) is 14.7 Å². The van der Waals surface area contributed by atoms with Crippen LogP contribution in [0.1, 0.15) is 35.7 Å². The number of benzene rings is 1. The van der Waals surface area contributed by atoms with Gasteiger partial charge in [-0.25, -0.2) is 9.78 Å². The second kappa shape index (κ2) is 8.57. The Hall–Kier alpha value is -3.49. The maximum atomic E-state index is 12.9. The summed E-state index contributed by atoms with van der Waals surface area (Å²) in [5, 5.41) is 11.7. The number of carboxylic acid groups (broad SMARTS) is 1. The fourth-order valence-corrected chi connectivity index (χ4v) is 6.00. The lowest BCUT2D eigenvalue weighted by atomic mass is 9.98. The number of hydrogen-bond donors (Lipinski definition) is 1. The molecule has 10 heteroatoms.